The summed E-state index contributed by atoms with van der Waals surface area (Å²) in [5.74, 6) is 2.36. The lowest BCUT2D eigenvalue weighted by atomic mass is 10.2. The van der Waals surface area contributed by atoms with E-state index in [0.717, 1.165) is 46.5 Å². The molecule has 1 aromatic heterocycles. The molecule has 3 aromatic rings. The first-order valence-electron chi connectivity index (χ1n) is 9.95. The van der Waals surface area contributed by atoms with Gasteiger partial charge in [0.2, 0.25) is 0 Å². The third-order valence-electron chi connectivity index (χ3n) is 4.59. The van der Waals surface area contributed by atoms with E-state index in [4.69, 9.17) is 14.5 Å². The SMILES string of the molecule is CCOc1cc2nc(SCc3ccccc3N(CC)CC)[nH]c2cc1OCC. The van der Waals surface area contributed by atoms with Gasteiger partial charge in [0, 0.05) is 36.7 Å². The van der Waals surface area contributed by atoms with Crippen LogP contribution in [0, 0.1) is 0 Å². The van der Waals surface area contributed by atoms with Gasteiger partial charge in [-0.2, -0.15) is 0 Å². The summed E-state index contributed by atoms with van der Waals surface area (Å²) in [5, 5.41) is 0.903. The number of fused-ring (bicyclic) bond motifs is 1. The lowest BCUT2D eigenvalue weighted by Gasteiger charge is -2.23. The summed E-state index contributed by atoms with van der Waals surface area (Å²) in [6, 6.07) is 12.5. The van der Waals surface area contributed by atoms with Gasteiger partial charge in [-0.15, -0.1) is 0 Å². The number of ether oxygens (including phenoxy) is 2. The Morgan fingerprint density at radius 1 is 0.964 bits per heavy atom. The van der Waals surface area contributed by atoms with Crippen LogP contribution in [0.2, 0.25) is 0 Å². The monoisotopic (exact) mass is 399 g/mol. The van der Waals surface area contributed by atoms with Gasteiger partial charge in [-0.25, -0.2) is 4.98 Å². The molecule has 5 nitrogen and oxygen atoms in total. The molecule has 0 aliphatic rings. The van der Waals surface area contributed by atoms with E-state index in [-0.39, 0.29) is 0 Å². The third kappa shape index (κ3) is 4.55. The van der Waals surface area contributed by atoms with E-state index >= 15 is 0 Å². The zero-order valence-electron chi connectivity index (χ0n) is 17.1. The summed E-state index contributed by atoms with van der Waals surface area (Å²) < 4.78 is 11.4. The average molecular weight is 400 g/mol. The molecule has 0 aliphatic carbocycles. The number of benzene rings is 2. The maximum atomic E-state index is 5.72. The predicted molar refractivity (Wildman–Crippen MR) is 118 cm³/mol. The van der Waals surface area contributed by atoms with Crippen molar-refractivity contribution in [3.05, 3.63) is 42.0 Å². The highest BCUT2D eigenvalue weighted by Crippen LogP contribution is 2.34. The Kier molecular flexibility index (Phi) is 7.09. The minimum Gasteiger partial charge on any atom is -0.490 e. The minimum atomic E-state index is 0.597. The maximum Gasteiger partial charge on any atom is 0.166 e. The second-order valence-corrected chi connectivity index (χ2v) is 7.28. The van der Waals surface area contributed by atoms with Crippen LogP contribution >= 0.6 is 11.8 Å². The molecular weight excluding hydrogens is 370 g/mol. The van der Waals surface area contributed by atoms with Crippen LogP contribution in [0.5, 0.6) is 11.5 Å². The highest BCUT2D eigenvalue weighted by molar-refractivity contribution is 7.98. The molecule has 0 amide bonds. The first-order valence-corrected chi connectivity index (χ1v) is 10.9. The van der Waals surface area contributed by atoms with Gasteiger partial charge < -0.3 is 19.4 Å². The lowest BCUT2D eigenvalue weighted by molar-refractivity contribution is 0.288. The highest BCUT2D eigenvalue weighted by atomic mass is 32.2. The van der Waals surface area contributed by atoms with Gasteiger partial charge >= 0.3 is 0 Å². The van der Waals surface area contributed by atoms with Crippen molar-refractivity contribution in [1.82, 2.24) is 9.97 Å². The fraction of sp³-hybridized carbons (Fsp3) is 0.409. The number of imidazole rings is 1. The van der Waals surface area contributed by atoms with Crippen LogP contribution in [0.1, 0.15) is 33.3 Å². The smallest absolute Gasteiger partial charge is 0.166 e. The normalized spacial score (nSPS) is 11.0. The molecule has 0 atom stereocenters. The molecule has 1 N–H and O–H groups in total. The maximum absolute atomic E-state index is 5.72. The molecule has 0 aliphatic heterocycles. The van der Waals surface area contributed by atoms with Gasteiger partial charge in [-0.3, -0.25) is 0 Å². The van der Waals surface area contributed by atoms with Gasteiger partial charge in [0.15, 0.2) is 16.7 Å². The van der Waals surface area contributed by atoms with Crippen LogP contribution in [-0.4, -0.2) is 36.3 Å². The largest absolute Gasteiger partial charge is 0.490 e. The number of thioether (sulfide) groups is 1. The fourth-order valence-corrected chi connectivity index (χ4v) is 4.13. The molecule has 0 radical (unpaired) electrons. The van der Waals surface area contributed by atoms with Crippen LogP contribution in [0.15, 0.2) is 41.6 Å². The number of aromatic nitrogens is 2. The van der Waals surface area contributed by atoms with Crippen molar-refractivity contribution in [3.8, 4) is 11.5 Å². The van der Waals surface area contributed by atoms with Gasteiger partial charge in [-0.05, 0) is 39.3 Å². The van der Waals surface area contributed by atoms with Crippen molar-refractivity contribution >= 4 is 28.5 Å². The quantitative estimate of drug-likeness (QED) is 0.456. The molecule has 150 valence electrons. The number of H-pyrrole nitrogens is 1. The number of para-hydroxylation sites is 1. The van der Waals surface area contributed by atoms with E-state index in [1.54, 1.807) is 11.8 Å². The summed E-state index contributed by atoms with van der Waals surface area (Å²) in [6.07, 6.45) is 0. The molecular formula is C22H29N3O2S. The van der Waals surface area contributed by atoms with Crippen molar-refractivity contribution in [1.29, 1.82) is 0 Å². The van der Waals surface area contributed by atoms with E-state index < -0.39 is 0 Å². The van der Waals surface area contributed by atoms with Crippen LogP contribution in [0.3, 0.4) is 0 Å². The molecule has 1 heterocycles. The van der Waals surface area contributed by atoms with E-state index in [9.17, 15) is 0 Å². The molecule has 0 saturated heterocycles. The molecule has 0 spiro atoms. The summed E-state index contributed by atoms with van der Waals surface area (Å²) in [6.45, 7) is 11.5. The Morgan fingerprint density at radius 3 is 2.32 bits per heavy atom. The number of nitrogens with one attached hydrogen (secondary N) is 1. The Morgan fingerprint density at radius 2 is 1.64 bits per heavy atom. The minimum absolute atomic E-state index is 0.597. The van der Waals surface area contributed by atoms with Gasteiger partial charge in [-0.1, -0.05) is 30.0 Å². The highest BCUT2D eigenvalue weighted by Gasteiger charge is 2.13. The first-order chi connectivity index (χ1) is 13.7. The topological polar surface area (TPSA) is 50.4 Å². The molecule has 0 fully saturated rings. The van der Waals surface area contributed by atoms with Crippen molar-refractivity contribution in [2.24, 2.45) is 0 Å². The number of anilines is 1. The van der Waals surface area contributed by atoms with Crippen LogP contribution in [0.25, 0.3) is 11.0 Å². The molecule has 0 saturated carbocycles. The number of aromatic amines is 1. The van der Waals surface area contributed by atoms with Crippen molar-refractivity contribution < 1.29 is 9.47 Å². The Balaban J connectivity index is 1.82. The average Bonchev–Trinajstić information content (AvgIpc) is 3.10. The van der Waals surface area contributed by atoms with Crippen LogP contribution < -0.4 is 14.4 Å². The number of rotatable bonds is 10. The second kappa shape index (κ2) is 9.73. The second-order valence-electron chi connectivity index (χ2n) is 6.31. The molecule has 28 heavy (non-hydrogen) atoms. The van der Waals surface area contributed by atoms with E-state index in [1.165, 1.54) is 11.3 Å². The molecule has 0 unspecified atom stereocenters. The van der Waals surface area contributed by atoms with Gasteiger partial charge in [0.1, 0.15) is 0 Å². The van der Waals surface area contributed by atoms with Gasteiger partial charge in [0.25, 0.3) is 0 Å². The molecule has 3 rings (SSSR count). The first kappa shape index (κ1) is 20.4. The van der Waals surface area contributed by atoms with Crippen molar-refractivity contribution in [2.45, 2.75) is 38.6 Å². The number of nitrogens with zero attached hydrogens (tertiary/aromatic N) is 2. The van der Waals surface area contributed by atoms with Crippen LogP contribution in [0.4, 0.5) is 5.69 Å². The zero-order chi connectivity index (χ0) is 19.9. The summed E-state index contributed by atoms with van der Waals surface area (Å²) >= 11 is 1.72. The number of hydrogen-bond donors (Lipinski definition) is 1. The summed E-state index contributed by atoms with van der Waals surface area (Å²) in [7, 11) is 0. The van der Waals surface area contributed by atoms with E-state index in [0.29, 0.717) is 13.2 Å². The Labute approximate surface area is 171 Å². The van der Waals surface area contributed by atoms with Gasteiger partial charge in [0.05, 0.1) is 24.2 Å². The predicted octanol–water partition coefficient (Wildman–Crippen LogP) is 5.50. The Bertz CT molecular complexity index is 863. The molecule has 6 heteroatoms. The lowest BCUT2D eigenvalue weighted by Crippen LogP contribution is -2.22. The molecule has 2 aromatic carbocycles. The summed E-state index contributed by atoms with van der Waals surface area (Å²) in [4.78, 5) is 10.5. The van der Waals surface area contributed by atoms with Crippen molar-refractivity contribution in [3.63, 3.8) is 0 Å². The van der Waals surface area contributed by atoms with Crippen molar-refractivity contribution in [2.75, 3.05) is 31.2 Å². The third-order valence-corrected chi connectivity index (χ3v) is 5.51. The zero-order valence-corrected chi connectivity index (χ0v) is 17.9. The molecule has 0 bridgehead atoms. The van der Waals surface area contributed by atoms with E-state index in [2.05, 4.69) is 48.0 Å². The number of hydrogen-bond acceptors (Lipinski definition) is 5. The Hall–Kier alpha value is -2.34. The van der Waals surface area contributed by atoms with E-state index in [1.807, 2.05) is 26.0 Å². The van der Waals surface area contributed by atoms with Crippen LogP contribution in [-0.2, 0) is 5.75 Å². The fourth-order valence-electron chi connectivity index (χ4n) is 3.25. The standard InChI is InChI=1S/C22H29N3O2S/c1-5-25(6-2)19-12-10-9-11-16(19)15-28-22-23-17-13-20(26-7-3)21(27-8-4)14-18(17)24-22/h9-14H,5-8,15H2,1-4H3,(H,23,24). The summed E-state index contributed by atoms with van der Waals surface area (Å²) in [5.41, 5.74) is 4.48.